The molecule has 0 unspecified atom stereocenters. The molecule has 0 amide bonds. The Morgan fingerprint density at radius 2 is 1.75 bits per heavy atom. The van der Waals surface area contributed by atoms with Crippen LogP contribution in [0.3, 0.4) is 0 Å². The molecule has 3 heteroatoms. The van der Waals surface area contributed by atoms with Gasteiger partial charge >= 0.3 is 0 Å². The van der Waals surface area contributed by atoms with Gasteiger partial charge in [-0.1, -0.05) is 24.3 Å². The lowest BCUT2D eigenvalue weighted by atomic mass is 10.0. The van der Waals surface area contributed by atoms with Crippen LogP contribution in [0.2, 0.25) is 0 Å². The maximum atomic E-state index is 8.56. The number of pyridine rings is 1. The Balaban J connectivity index is 2.28. The highest BCUT2D eigenvalue weighted by Crippen LogP contribution is 2.19. The van der Waals surface area contributed by atoms with E-state index in [2.05, 4.69) is 11.1 Å². The Morgan fingerprint density at radius 1 is 1.06 bits per heavy atom. The summed E-state index contributed by atoms with van der Waals surface area (Å²) in [5.74, 6) is 0.518. The van der Waals surface area contributed by atoms with Gasteiger partial charge in [0, 0.05) is 11.8 Å². The molecule has 1 aromatic heterocycles. The van der Waals surface area contributed by atoms with Gasteiger partial charge in [0.1, 0.15) is 5.82 Å². The average molecular weight is 209 g/mol. The second-order valence-electron chi connectivity index (χ2n) is 3.50. The molecular weight excluding hydrogens is 198 g/mol. The molecule has 0 aliphatic carbocycles. The first kappa shape index (κ1) is 10.2. The van der Waals surface area contributed by atoms with Crippen molar-refractivity contribution in [2.45, 2.75) is 6.42 Å². The van der Waals surface area contributed by atoms with E-state index in [1.54, 1.807) is 12.3 Å². The lowest BCUT2D eigenvalue weighted by Gasteiger charge is -2.02. The number of anilines is 1. The van der Waals surface area contributed by atoms with Crippen LogP contribution in [0.5, 0.6) is 0 Å². The standard InChI is InChI=1S/C13H11N3/c14-8-7-10-1-3-11(4-2-10)12-5-6-13(15)16-9-12/h1-6,9H,7H2,(H2,15,16). The molecule has 0 fully saturated rings. The van der Waals surface area contributed by atoms with E-state index in [9.17, 15) is 0 Å². The van der Waals surface area contributed by atoms with Crippen molar-refractivity contribution in [3.8, 4) is 17.2 Å². The minimum atomic E-state index is 0.445. The van der Waals surface area contributed by atoms with Gasteiger partial charge < -0.3 is 5.73 Å². The van der Waals surface area contributed by atoms with Crippen LogP contribution in [-0.4, -0.2) is 4.98 Å². The summed E-state index contributed by atoms with van der Waals surface area (Å²) in [6.07, 6.45) is 2.19. The minimum absolute atomic E-state index is 0.445. The van der Waals surface area contributed by atoms with Crippen LogP contribution >= 0.6 is 0 Å². The second-order valence-corrected chi connectivity index (χ2v) is 3.50. The van der Waals surface area contributed by atoms with E-state index in [1.165, 1.54) is 0 Å². The Hall–Kier alpha value is -2.34. The lowest BCUT2D eigenvalue weighted by Crippen LogP contribution is -1.89. The number of hydrogen-bond acceptors (Lipinski definition) is 3. The molecule has 0 atom stereocenters. The summed E-state index contributed by atoms with van der Waals surface area (Å²) in [7, 11) is 0. The molecule has 0 saturated heterocycles. The summed E-state index contributed by atoms with van der Waals surface area (Å²) in [6.45, 7) is 0. The third-order valence-corrected chi connectivity index (χ3v) is 2.36. The topological polar surface area (TPSA) is 62.7 Å². The van der Waals surface area contributed by atoms with E-state index >= 15 is 0 Å². The fourth-order valence-corrected chi connectivity index (χ4v) is 1.48. The molecule has 2 aromatic rings. The van der Waals surface area contributed by atoms with Crippen molar-refractivity contribution in [3.63, 3.8) is 0 Å². The molecule has 1 heterocycles. The third-order valence-electron chi connectivity index (χ3n) is 2.36. The quantitative estimate of drug-likeness (QED) is 0.826. The van der Waals surface area contributed by atoms with Crippen molar-refractivity contribution in [1.82, 2.24) is 4.98 Å². The van der Waals surface area contributed by atoms with Gasteiger partial charge in [-0.2, -0.15) is 5.26 Å². The Labute approximate surface area is 94.2 Å². The highest BCUT2D eigenvalue weighted by atomic mass is 14.8. The molecule has 0 saturated carbocycles. The third kappa shape index (κ3) is 2.18. The normalized spacial score (nSPS) is 9.69. The number of hydrogen-bond donors (Lipinski definition) is 1. The van der Waals surface area contributed by atoms with Crippen molar-refractivity contribution < 1.29 is 0 Å². The molecule has 0 bridgehead atoms. The number of nitrogens with two attached hydrogens (primary N) is 1. The number of rotatable bonds is 2. The molecule has 2 N–H and O–H groups in total. The Bertz CT molecular complexity index is 506. The van der Waals surface area contributed by atoms with Gasteiger partial charge in [-0.05, 0) is 23.3 Å². The predicted molar refractivity (Wildman–Crippen MR) is 63.4 cm³/mol. The number of nitrogens with zero attached hydrogens (tertiary/aromatic N) is 2. The van der Waals surface area contributed by atoms with Crippen LogP contribution in [0.25, 0.3) is 11.1 Å². The van der Waals surface area contributed by atoms with Crippen LogP contribution in [0.15, 0.2) is 42.6 Å². The maximum absolute atomic E-state index is 8.56. The predicted octanol–water partition coefficient (Wildman–Crippen LogP) is 2.40. The molecule has 3 nitrogen and oxygen atoms in total. The SMILES string of the molecule is N#CCc1ccc(-c2ccc(N)nc2)cc1. The molecule has 78 valence electrons. The summed E-state index contributed by atoms with van der Waals surface area (Å²) in [4.78, 5) is 4.04. The first-order chi connectivity index (χ1) is 7.79. The fraction of sp³-hybridized carbons (Fsp3) is 0.0769. The van der Waals surface area contributed by atoms with E-state index in [-0.39, 0.29) is 0 Å². The van der Waals surface area contributed by atoms with Crippen molar-refractivity contribution in [2.75, 3.05) is 5.73 Å². The molecule has 0 aliphatic heterocycles. The summed E-state index contributed by atoms with van der Waals surface area (Å²) in [5.41, 5.74) is 8.65. The summed E-state index contributed by atoms with van der Waals surface area (Å²) >= 11 is 0. The van der Waals surface area contributed by atoms with Gasteiger partial charge in [0.05, 0.1) is 12.5 Å². The molecule has 1 aromatic carbocycles. The number of nitriles is 1. The zero-order valence-corrected chi connectivity index (χ0v) is 8.72. The van der Waals surface area contributed by atoms with E-state index in [4.69, 9.17) is 11.0 Å². The monoisotopic (exact) mass is 209 g/mol. The summed E-state index contributed by atoms with van der Waals surface area (Å²) in [6, 6.07) is 13.7. The zero-order chi connectivity index (χ0) is 11.4. The van der Waals surface area contributed by atoms with Gasteiger partial charge in [0.15, 0.2) is 0 Å². The van der Waals surface area contributed by atoms with Gasteiger partial charge in [-0.3, -0.25) is 0 Å². The van der Waals surface area contributed by atoms with Crippen LogP contribution in [0, 0.1) is 11.3 Å². The van der Waals surface area contributed by atoms with Crippen LogP contribution in [0.4, 0.5) is 5.82 Å². The van der Waals surface area contributed by atoms with Gasteiger partial charge in [-0.15, -0.1) is 0 Å². The summed E-state index contributed by atoms with van der Waals surface area (Å²) < 4.78 is 0. The molecule has 0 radical (unpaired) electrons. The van der Waals surface area contributed by atoms with Crippen molar-refractivity contribution in [1.29, 1.82) is 5.26 Å². The van der Waals surface area contributed by atoms with Crippen LogP contribution in [-0.2, 0) is 6.42 Å². The lowest BCUT2D eigenvalue weighted by molar-refractivity contribution is 1.26. The van der Waals surface area contributed by atoms with Crippen molar-refractivity contribution in [2.24, 2.45) is 0 Å². The minimum Gasteiger partial charge on any atom is -0.384 e. The first-order valence-corrected chi connectivity index (χ1v) is 4.97. The Morgan fingerprint density at radius 3 is 2.31 bits per heavy atom. The van der Waals surface area contributed by atoms with Gasteiger partial charge in [0.2, 0.25) is 0 Å². The van der Waals surface area contributed by atoms with Crippen molar-refractivity contribution >= 4 is 5.82 Å². The van der Waals surface area contributed by atoms with Crippen LogP contribution < -0.4 is 5.73 Å². The zero-order valence-electron chi connectivity index (χ0n) is 8.72. The summed E-state index contributed by atoms with van der Waals surface area (Å²) in [5, 5.41) is 8.56. The average Bonchev–Trinajstić information content (AvgIpc) is 2.32. The van der Waals surface area contributed by atoms with Gasteiger partial charge in [-0.25, -0.2) is 4.98 Å². The largest absolute Gasteiger partial charge is 0.384 e. The van der Waals surface area contributed by atoms with E-state index in [0.29, 0.717) is 12.2 Å². The number of benzene rings is 1. The van der Waals surface area contributed by atoms with E-state index in [0.717, 1.165) is 16.7 Å². The molecule has 16 heavy (non-hydrogen) atoms. The number of aromatic nitrogens is 1. The highest BCUT2D eigenvalue weighted by Gasteiger charge is 1.98. The molecule has 0 spiro atoms. The molecular formula is C13H11N3. The van der Waals surface area contributed by atoms with Crippen LogP contribution in [0.1, 0.15) is 5.56 Å². The smallest absolute Gasteiger partial charge is 0.123 e. The molecule has 0 aliphatic rings. The fourth-order valence-electron chi connectivity index (χ4n) is 1.48. The van der Waals surface area contributed by atoms with Gasteiger partial charge in [0.25, 0.3) is 0 Å². The van der Waals surface area contributed by atoms with E-state index < -0.39 is 0 Å². The van der Waals surface area contributed by atoms with E-state index in [1.807, 2.05) is 30.3 Å². The van der Waals surface area contributed by atoms with Crippen molar-refractivity contribution in [3.05, 3.63) is 48.2 Å². The number of nitrogen functional groups attached to an aromatic ring is 1. The Kier molecular flexibility index (Phi) is 2.84. The first-order valence-electron chi connectivity index (χ1n) is 4.97. The molecule has 2 rings (SSSR count). The maximum Gasteiger partial charge on any atom is 0.123 e. The highest BCUT2D eigenvalue weighted by molar-refractivity contribution is 5.63. The second kappa shape index (κ2) is 4.45.